The number of carbonyl (C=O) groups is 1. The lowest BCUT2D eigenvalue weighted by atomic mass is 10.5. The summed E-state index contributed by atoms with van der Waals surface area (Å²) in [5.41, 5.74) is -0.0500. The van der Waals surface area contributed by atoms with Crippen LogP contribution >= 0.6 is 11.8 Å². The molecule has 0 aromatic carbocycles. The first-order valence-corrected chi connectivity index (χ1v) is 5.77. The summed E-state index contributed by atoms with van der Waals surface area (Å²) < 4.78 is 1.49. The highest BCUT2D eigenvalue weighted by atomic mass is 32.2. The van der Waals surface area contributed by atoms with E-state index >= 15 is 0 Å². The lowest BCUT2D eigenvalue weighted by Gasteiger charge is -1.98. The topological polar surface area (TPSA) is 93.8 Å². The van der Waals surface area contributed by atoms with Crippen molar-refractivity contribution in [2.24, 2.45) is 0 Å². The fourth-order valence-corrected chi connectivity index (χ4v) is 1.83. The molecular formula is C9H9N5O2S. The summed E-state index contributed by atoms with van der Waals surface area (Å²) in [5.74, 6) is -0.373. The van der Waals surface area contributed by atoms with Gasteiger partial charge in [-0.3, -0.25) is 4.68 Å². The molecule has 0 amide bonds. The van der Waals surface area contributed by atoms with E-state index in [2.05, 4.69) is 20.3 Å². The number of hydrogen-bond acceptors (Lipinski definition) is 6. The SMILES string of the molecule is O=C(O)c1cn(CCSc2ncccn2)nn1. The van der Waals surface area contributed by atoms with Crippen molar-refractivity contribution in [2.45, 2.75) is 11.7 Å². The van der Waals surface area contributed by atoms with Crippen molar-refractivity contribution in [2.75, 3.05) is 5.75 Å². The van der Waals surface area contributed by atoms with Crippen LogP contribution in [0.4, 0.5) is 0 Å². The molecule has 17 heavy (non-hydrogen) atoms. The van der Waals surface area contributed by atoms with Gasteiger partial charge in [0.2, 0.25) is 0 Å². The first kappa shape index (κ1) is 11.5. The van der Waals surface area contributed by atoms with Gasteiger partial charge < -0.3 is 5.11 Å². The van der Waals surface area contributed by atoms with E-state index in [1.165, 1.54) is 22.6 Å². The molecule has 0 spiro atoms. The van der Waals surface area contributed by atoms with Crippen LogP contribution in [0.5, 0.6) is 0 Å². The Balaban J connectivity index is 1.84. The summed E-state index contributed by atoms with van der Waals surface area (Å²) in [7, 11) is 0. The number of aryl methyl sites for hydroxylation is 1. The number of carboxylic acids is 1. The van der Waals surface area contributed by atoms with Gasteiger partial charge in [-0.05, 0) is 6.07 Å². The van der Waals surface area contributed by atoms with Gasteiger partial charge in [-0.2, -0.15) is 0 Å². The van der Waals surface area contributed by atoms with Crippen LogP contribution in [0.25, 0.3) is 0 Å². The highest BCUT2D eigenvalue weighted by Crippen LogP contribution is 2.10. The number of aromatic nitrogens is 5. The Morgan fingerprint density at radius 1 is 1.41 bits per heavy atom. The van der Waals surface area contributed by atoms with E-state index < -0.39 is 5.97 Å². The zero-order valence-electron chi connectivity index (χ0n) is 8.72. The summed E-state index contributed by atoms with van der Waals surface area (Å²) in [6.07, 6.45) is 4.75. The van der Waals surface area contributed by atoms with Gasteiger partial charge >= 0.3 is 5.97 Å². The van der Waals surface area contributed by atoms with Gasteiger partial charge in [0.1, 0.15) is 0 Å². The van der Waals surface area contributed by atoms with E-state index in [-0.39, 0.29) is 5.69 Å². The molecule has 0 radical (unpaired) electrons. The zero-order chi connectivity index (χ0) is 12.1. The van der Waals surface area contributed by atoms with Crippen LogP contribution in [0.15, 0.2) is 29.8 Å². The maximum Gasteiger partial charge on any atom is 0.358 e. The van der Waals surface area contributed by atoms with Crippen molar-refractivity contribution in [3.8, 4) is 0 Å². The first-order chi connectivity index (χ1) is 8.25. The van der Waals surface area contributed by atoms with E-state index in [0.717, 1.165) is 0 Å². The van der Waals surface area contributed by atoms with Crippen molar-refractivity contribution in [1.82, 2.24) is 25.0 Å². The normalized spacial score (nSPS) is 10.4. The van der Waals surface area contributed by atoms with Crippen LogP contribution in [-0.2, 0) is 6.54 Å². The van der Waals surface area contributed by atoms with Gasteiger partial charge in [0.05, 0.1) is 12.7 Å². The van der Waals surface area contributed by atoms with Gasteiger partial charge in [0.25, 0.3) is 0 Å². The average Bonchev–Trinajstić information content (AvgIpc) is 2.79. The third kappa shape index (κ3) is 3.25. The minimum Gasteiger partial charge on any atom is -0.476 e. The second-order valence-electron chi connectivity index (χ2n) is 3.05. The molecule has 2 heterocycles. The molecule has 0 saturated heterocycles. The minimum atomic E-state index is -1.07. The van der Waals surface area contributed by atoms with Gasteiger partial charge in [-0.15, -0.1) is 5.10 Å². The second kappa shape index (κ2) is 5.39. The molecule has 1 N–H and O–H groups in total. The van der Waals surface area contributed by atoms with Gasteiger partial charge in [0.15, 0.2) is 10.9 Å². The molecule has 8 heteroatoms. The number of nitrogens with zero attached hydrogens (tertiary/aromatic N) is 5. The lowest BCUT2D eigenvalue weighted by Crippen LogP contribution is -2.01. The molecule has 0 aliphatic carbocycles. The fourth-order valence-electron chi connectivity index (χ4n) is 1.10. The maximum absolute atomic E-state index is 10.6. The smallest absolute Gasteiger partial charge is 0.358 e. The van der Waals surface area contributed by atoms with Crippen LogP contribution in [0, 0.1) is 0 Å². The molecule has 0 aliphatic heterocycles. The average molecular weight is 251 g/mol. The molecule has 2 rings (SSSR count). The molecule has 0 aliphatic rings. The molecular weight excluding hydrogens is 242 g/mol. The summed E-state index contributed by atoms with van der Waals surface area (Å²) in [6.45, 7) is 0.559. The van der Waals surface area contributed by atoms with Crippen LogP contribution in [0.2, 0.25) is 0 Å². The Labute approximate surface area is 101 Å². The number of carboxylic acid groups (broad SMARTS) is 1. The van der Waals surface area contributed by atoms with E-state index in [0.29, 0.717) is 17.5 Å². The molecule has 0 unspecified atom stereocenters. The molecule has 7 nitrogen and oxygen atoms in total. The van der Waals surface area contributed by atoms with Crippen molar-refractivity contribution < 1.29 is 9.90 Å². The first-order valence-electron chi connectivity index (χ1n) is 4.79. The fraction of sp³-hybridized carbons (Fsp3) is 0.222. The monoisotopic (exact) mass is 251 g/mol. The highest BCUT2D eigenvalue weighted by molar-refractivity contribution is 7.99. The summed E-state index contributed by atoms with van der Waals surface area (Å²) in [6, 6.07) is 1.75. The molecule has 0 fully saturated rings. The summed E-state index contributed by atoms with van der Waals surface area (Å²) in [4.78, 5) is 18.7. The maximum atomic E-state index is 10.6. The van der Waals surface area contributed by atoms with Crippen LogP contribution in [0.3, 0.4) is 0 Å². The van der Waals surface area contributed by atoms with E-state index in [9.17, 15) is 4.79 Å². The minimum absolute atomic E-state index is 0.0500. The third-order valence-corrected chi connectivity index (χ3v) is 2.71. The van der Waals surface area contributed by atoms with Crippen LogP contribution in [-0.4, -0.2) is 41.8 Å². The predicted octanol–water partition coefficient (Wildman–Crippen LogP) is 0.559. The Morgan fingerprint density at radius 2 is 2.18 bits per heavy atom. The van der Waals surface area contributed by atoms with Crippen LogP contribution in [0.1, 0.15) is 10.5 Å². The number of rotatable bonds is 5. The molecule has 2 aromatic heterocycles. The second-order valence-corrected chi connectivity index (χ2v) is 4.11. The van der Waals surface area contributed by atoms with Gasteiger partial charge in [-0.25, -0.2) is 14.8 Å². The van der Waals surface area contributed by atoms with Gasteiger partial charge in [0, 0.05) is 18.1 Å². The lowest BCUT2D eigenvalue weighted by molar-refractivity contribution is 0.0690. The van der Waals surface area contributed by atoms with E-state index in [4.69, 9.17) is 5.11 Å². The Morgan fingerprint density at radius 3 is 2.82 bits per heavy atom. The third-order valence-electron chi connectivity index (χ3n) is 1.85. The quantitative estimate of drug-likeness (QED) is 0.612. The van der Waals surface area contributed by atoms with Gasteiger partial charge in [-0.1, -0.05) is 17.0 Å². The largest absolute Gasteiger partial charge is 0.476 e. The molecule has 2 aromatic rings. The zero-order valence-corrected chi connectivity index (χ0v) is 9.54. The van der Waals surface area contributed by atoms with Crippen molar-refractivity contribution in [1.29, 1.82) is 0 Å². The summed E-state index contributed by atoms with van der Waals surface area (Å²) in [5, 5.41) is 16.6. The Hall–Kier alpha value is -1.96. The highest BCUT2D eigenvalue weighted by Gasteiger charge is 2.07. The number of hydrogen-bond donors (Lipinski definition) is 1. The van der Waals surface area contributed by atoms with E-state index in [1.807, 2.05) is 0 Å². The van der Waals surface area contributed by atoms with E-state index in [1.54, 1.807) is 18.5 Å². The molecule has 88 valence electrons. The van der Waals surface area contributed by atoms with Crippen molar-refractivity contribution in [3.63, 3.8) is 0 Å². The Kier molecular flexibility index (Phi) is 3.66. The molecule has 0 atom stereocenters. The standard InChI is InChI=1S/C9H9N5O2S/c15-8(16)7-6-14(13-12-7)4-5-17-9-10-2-1-3-11-9/h1-3,6H,4-5H2,(H,15,16). The van der Waals surface area contributed by atoms with Crippen LogP contribution < -0.4 is 0 Å². The Bertz CT molecular complexity index is 501. The number of thioether (sulfide) groups is 1. The van der Waals surface area contributed by atoms with Crippen molar-refractivity contribution >= 4 is 17.7 Å². The number of aromatic carboxylic acids is 1. The summed E-state index contributed by atoms with van der Waals surface area (Å²) >= 11 is 1.47. The predicted molar refractivity (Wildman–Crippen MR) is 59.7 cm³/mol. The van der Waals surface area contributed by atoms with Crippen molar-refractivity contribution in [3.05, 3.63) is 30.4 Å². The molecule has 0 bridgehead atoms. The molecule has 0 saturated carbocycles.